The Hall–Kier alpha value is 0.440. The number of phosphoric ester groups is 2. The van der Waals surface area contributed by atoms with Crippen molar-refractivity contribution in [1.29, 1.82) is 0 Å². The van der Waals surface area contributed by atoms with Gasteiger partial charge in [0.1, 0.15) is 0 Å². The van der Waals surface area contributed by atoms with Crippen molar-refractivity contribution in [2.45, 2.75) is 0 Å². The van der Waals surface area contributed by atoms with E-state index in [0.717, 1.165) is 0 Å². The third-order valence-corrected chi connectivity index (χ3v) is 3.26. The minimum atomic E-state index is -4.12. The molecule has 0 N–H and O–H groups in total. The zero-order chi connectivity index (χ0) is 17.5. The molecular weight excluding hydrogens is 374 g/mol. The van der Waals surface area contributed by atoms with Gasteiger partial charge in [-0.05, 0) is 0 Å². The number of hydrogen-bond donors (Lipinski definition) is 0. The third kappa shape index (κ3) is 22.4. The van der Waals surface area contributed by atoms with Crippen molar-refractivity contribution in [2.75, 3.05) is 26.4 Å². The second-order valence-electron chi connectivity index (χ2n) is 3.23. The van der Waals surface area contributed by atoms with E-state index in [1.165, 1.54) is 24.3 Å². The zero-order valence-corrected chi connectivity index (χ0v) is 16.8. The van der Waals surface area contributed by atoms with Crippen LogP contribution in [-0.4, -0.2) is 64.2 Å². The topological polar surface area (TPSA) is 117 Å². The smallest absolute Gasteiger partial charge is 0.756 e. The molecule has 0 saturated carbocycles. The minimum Gasteiger partial charge on any atom is -0.756 e. The molecule has 0 aromatic rings. The van der Waals surface area contributed by atoms with Gasteiger partial charge in [-0.25, -0.2) is 0 Å². The Morgan fingerprint density at radius 1 is 0.652 bits per heavy atom. The van der Waals surface area contributed by atoms with Crippen LogP contribution in [0.3, 0.4) is 0 Å². The second kappa shape index (κ2) is 17.3. The second-order valence-corrected chi connectivity index (χ2v) is 6.05. The van der Waals surface area contributed by atoms with E-state index in [-0.39, 0.29) is 64.2 Å². The van der Waals surface area contributed by atoms with Gasteiger partial charge in [0, 0.05) is 0 Å². The molecule has 0 heterocycles. The van der Waals surface area contributed by atoms with Crippen LogP contribution in [0.2, 0.25) is 0 Å². The molecule has 0 radical (unpaired) electrons. The van der Waals surface area contributed by atoms with E-state index in [1.807, 2.05) is 0 Å². The molecule has 0 saturated heterocycles. The van der Waals surface area contributed by atoms with Gasteiger partial charge in [0.2, 0.25) is 0 Å². The normalized spacial score (nSPS) is 10.5. The first-order valence-corrected chi connectivity index (χ1v) is 8.80. The molecule has 0 bridgehead atoms. The molecule has 128 valence electrons. The van der Waals surface area contributed by atoms with Gasteiger partial charge in [0.15, 0.2) is 0 Å². The standard InChI is InChI=1S/2C6H11O4P.Ca/c2*1-3-5-9-11(7,8)10-6-4-2;/h2*3-4H,1-2,5-6H2,(H,7,8);/q;;+2/p-2. The maximum absolute atomic E-state index is 10.6. The summed E-state index contributed by atoms with van der Waals surface area (Å²) in [5, 5.41) is 0. The average Bonchev–Trinajstić information content (AvgIpc) is 2.48. The maximum Gasteiger partial charge on any atom is 2.00 e. The van der Waals surface area contributed by atoms with Crippen LogP contribution >= 0.6 is 15.6 Å². The molecule has 0 aromatic heterocycles. The molecule has 8 nitrogen and oxygen atoms in total. The fourth-order valence-electron chi connectivity index (χ4n) is 0.651. The molecule has 0 aliphatic carbocycles. The van der Waals surface area contributed by atoms with E-state index in [2.05, 4.69) is 44.4 Å². The summed E-state index contributed by atoms with van der Waals surface area (Å²) in [6.07, 6.45) is 5.28. The number of hydrogen-bond acceptors (Lipinski definition) is 8. The summed E-state index contributed by atoms with van der Waals surface area (Å²) in [5.41, 5.74) is 0. The van der Waals surface area contributed by atoms with Crippen molar-refractivity contribution >= 4 is 53.4 Å². The molecule has 0 aliphatic rings. The van der Waals surface area contributed by atoms with Crippen molar-refractivity contribution in [3.05, 3.63) is 50.6 Å². The molecule has 0 fully saturated rings. The first-order chi connectivity index (χ1) is 10.2. The Bertz CT molecular complexity index is 369. The Morgan fingerprint density at radius 3 is 0.957 bits per heavy atom. The fraction of sp³-hybridized carbons (Fsp3) is 0.333. The summed E-state index contributed by atoms with van der Waals surface area (Å²) >= 11 is 0. The first kappa shape index (κ1) is 28.3. The molecule has 0 rings (SSSR count). The summed E-state index contributed by atoms with van der Waals surface area (Å²) in [6, 6.07) is 0. The van der Waals surface area contributed by atoms with Crippen LogP contribution in [0.25, 0.3) is 0 Å². The van der Waals surface area contributed by atoms with E-state index >= 15 is 0 Å². The number of phosphoric acid groups is 2. The van der Waals surface area contributed by atoms with Crippen LogP contribution < -0.4 is 9.79 Å². The quantitative estimate of drug-likeness (QED) is 0.277. The van der Waals surface area contributed by atoms with Crippen molar-refractivity contribution in [3.8, 4) is 0 Å². The van der Waals surface area contributed by atoms with Crippen molar-refractivity contribution in [2.24, 2.45) is 0 Å². The minimum absolute atomic E-state index is 0. The summed E-state index contributed by atoms with van der Waals surface area (Å²) < 4.78 is 38.4. The molecule has 0 atom stereocenters. The van der Waals surface area contributed by atoms with Gasteiger partial charge in [-0.15, -0.1) is 26.3 Å². The van der Waals surface area contributed by atoms with Crippen LogP contribution in [0.5, 0.6) is 0 Å². The van der Waals surface area contributed by atoms with E-state index in [9.17, 15) is 18.9 Å². The van der Waals surface area contributed by atoms with Crippen molar-refractivity contribution in [1.82, 2.24) is 0 Å². The Labute approximate surface area is 166 Å². The molecule has 0 amide bonds. The Balaban J connectivity index is -0.000000333. The summed E-state index contributed by atoms with van der Waals surface area (Å²) in [7, 11) is -8.24. The van der Waals surface area contributed by atoms with Gasteiger partial charge in [0.25, 0.3) is 15.6 Å². The summed E-state index contributed by atoms with van der Waals surface area (Å²) in [6.45, 7) is 12.8. The molecule has 0 unspecified atom stereocenters. The van der Waals surface area contributed by atoms with Crippen LogP contribution in [0.15, 0.2) is 50.6 Å². The molecule has 23 heavy (non-hydrogen) atoms. The summed E-state index contributed by atoms with van der Waals surface area (Å²) in [4.78, 5) is 21.3. The fourth-order valence-corrected chi connectivity index (χ4v) is 1.95. The van der Waals surface area contributed by atoms with Crippen LogP contribution in [-0.2, 0) is 27.2 Å². The molecular formula is C12H20CaO8P2. The maximum atomic E-state index is 10.6. The summed E-state index contributed by atoms with van der Waals surface area (Å²) in [5.74, 6) is 0. The van der Waals surface area contributed by atoms with E-state index in [1.54, 1.807) is 0 Å². The Morgan fingerprint density at radius 2 is 0.826 bits per heavy atom. The van der Waals surface area contributed by atoms with E-state index < -0.39 is 15.6 Å². The molecule has 0 aliphatic heterocycles. The van der Waals surface area contributed by atoms with Gasteiger partial charge < -0.3 is 27.9 Å². The van der Waals surface area contributed by atoms with E-state index in [4.69, 9.17) is 0 Å². The predicted molar refractivity (Wildman–Crippen MR) is 85.6 cm³/mol. The number of rotatable bonds is 12. The van der Waals surface area contributed by atoms with E-state index in [0.29, 0.717) is 0 Å². The molecule has 0 spiro atoms. The SMILES string of the molecule is C=CCOP(=O)([O-])OCC=C.C=CCOP(=O)([O-])OCC=C.[Ca+2]. The van der Waals surface area contributed by atoms with Crippen LogP contribution in [0.1, 0.15) is 0 Å². The first-order valence-electron chi connectivity index (χ1n) is 5.88. The predicted octanol–water partition coefficient (Wildman–Crippen LogP) is 1.34. The van der Waals surface area contributed by atoms with Gasteiger partial charge in [-0.1, -0.05) is 24.3 Å². The van der Waals surface area contributed by atoms with Gasteiger partial charge >= 0.3 is 37.7 Å². The largest absolute Gasteiger partial charge is 2.00 e. The average molecular weight is 394 g/mol. The van der Waals surface area contributed by atoms with Crippen molar-refractivity contribution in [3.63, 3.8) is 0 Å². The van der Waals surface area contributed by atoms with Gasteiger partial charge in [-0.2, -0.15) is 0 Å². The van der Waals surface area contributed by atoms with Crippen molar-refractivity contribution < 1.29 is 37.0 Å². The molecule has 0 aromatic carbocycles. The van der Waals surface area contributed by atoms with Gasteiger partial charge in [0.05, 0.1) is 26.4 Å². The monoisotopic (exact) mass is 394 g/mol. The third-order valence-electron chi connectivity index (χ3n) is 1.40. The zero-order valence-electron chi connectivity index (χ0n) is 12.8. The Kier molecular flexibility index (Phi) is 21.2. The van der Waals surface area contributed by atoms with Gasteiger partial charge in [-0.3, -0.25) is 9.13 Å². The van der Waals surface area contributed by atoms with Crippen LogP contribution in [0.4, 0.5) is 0 Å². The molecule has 11 heteroatoms. The van der Waals surface area contributed by atoms with Crippen LogP contribution in [0, 0.1) is 0 Å².